The van der Waals surface area contributed by atoms with Crippen LogP contribution in [-0.2, 0) is 10.0 Å². The van der Waals surface area contributed by atoms with E-state index < -0.39 is 14.8 Å². The number of rotatable bonds is 9. The normalized spacial score (nSPS) is 12.4. The largest absolute Gasteiger partial charge is 0.385 e. The van der Waals surface area contributed by atoms with Gasteiger partial charge >= 0.3 is 0 Å². The maximum Gasteiger partial charge on any atom is 0.216 e. The summed E-state index contributed by atoms with van der Waals surface area (Å²) >= 11 is 1.73. The number of nitrogens with one attached hydrogen (secondary N) is 2. The second-order valence-electron chi connectivity index (χ2n) is 6.23. The van der Waals surface area contributed by atoms with Crippen LogP contribution in [0.15, 0.2) is 29.2 Å². The third-order valence-corrected chi connectivity index (χ3v) is 6.31. The smallest absolute Gasteiger partial charge is 0.216 e. The summed E-state index contributed by atoms with van der Waals surface area (Å²) in [5.74, 6) is 0. The predicted octanol–water partition coefficient (Wildman–Crippen LogP) is 3.71. The third kappa shape index (κ3) is 6.58. The van der Waals surface area contributed by atoms with E-state index in [2.05, 4.69) is 40.6 Å². The summed E-state index contributed by atoms with van der Waals surface area (Å²) in [5.41, 5.74) is 1.13. The lowest BCUT2D eigenvalue weighted by atomic mass is 10.2. The van der Waals surface area contributed by atoms with E-state index in [4.69, 9.17) is 0 Å². The first-order valence-corrected chi connectivity index (χ1v) is 10.3. The van der Waals surface area contributed by atoms with Crippen molar-refractivity contribution < 1.29 is 8.42 Å². The monoisotopic (exact) mass is 344 g/mol. The first-order valence-electron chi connectivity index (χ1n) is 7.63. The summed E-state index contributed by atoms with van der Waals surface area (Å²) in [5, 5.41) is 3.38. The summed E-state index contributed by atoms with van der Waals surface area (Å²) in [6.45, 7) is 6.55. The molecular weight excluding hydrogens is 316 g/mol. The topological polar surface area (TPSA) is 58.2 Å². The van der Waals surface area contributed by atoms with Crippen molar-refractivity contribution in [2.75, 3.05) is 24.7 Å². The molecule has 0 aliphatic heterocycles. The van der Waals surface area contributed by atoms with Gasteiger partial charge in [0.25, 0.3) is 0 Å². The zero-order chi connectivity index (χ0) is 16.6. The van der Waals surface area contributed by atoms with Crippen molar-refractivity contribution >= 4 is 27.5 Å². The van der Waals surface area contributed by atoms with E-state index in [1.54, 1.807) is 32.5 Å². The van der Waals surface area contributed by atoms with E-state index >= 15 is 0 Å². The van der Waals surface area contributed by atoms with Crippen LogP contribution >= 0.6 is 11.8 Å². The van der Waals surface area contributed by atoms with Gasteiger partial charge < -0.3 is 5.32 Å². The van der Waals surface area contributed by atoms with Gasteiger partial charge in [-0.2, -0.15) is 0 Å². The number of anilines is 1. The summed E-state index contributed by atoms with van der Waals surface area (Å²) in [4.78, 5) is 1.26. The van der Waals surface area contributed by atoms with Crippen molar-refractivity contribution in [3.8, 4) is 0 Å². The molecule has 0 aliphatic rings. The molecule has 0 aliphatic carbocycles. The van der Waals surface area contributed by atoms with Crippen molar-refractivity contribution in [3.63, 3.8) is 0 Å². The first kappa shape index (κ1) is 19.3. The lowest BCUT2D eigenvalue weighted by Gasteiger charge is -2.19. The summed E-state index contributed by atoms with van der Waals surface area (Å²) < 4.78 is 25.6. The number of hydrogen-bond acceptors (Lipinski definition) is 4. The average Bonchev–Trinajstić information content (AvgIpc) is 2.45. The number of sulfonamides is 1. The highest BCUT2D eigenvalue weighted by Gasteiger charge is 2.27. The molecular formula is C16H28N2O2S2. The molecule has 0 radical (unpaired) electrons. The average molecular weight is 345 g/mol. The molecule has 0 unspecified atom stereocenters. The van der Waals surface area contributed by atoms with E-state index in [0.717, 1.165) is 31.5 Å². The molecule has 0 aromatic heterocycles. The maximum absolute atomic E-state index is 11.9. The van der Waals surface area contributed by atoms with Crippen LogP contribution in [-0.4, -0.2) is 32.5 Å². The van der Waals surface area contributed by atoms with Crippen LogP contribution < -0.4 is 10.0 Å². The lowest BCUT2D eigenvalue weighted by Crippen LogP contribution is -2.39. The van der Waals surface area contributed by atoms with Gasteiger partial charge in [-0.15, -0.1) is 11.8 Å². The van der Waals surface area contributed by atoms with Crippen LogP contribution in [0.25, 0.3) is 0 Å². The molecule has 6 heteroatoms. The first-order chi connectivity index (χ1) is 10.3. The van der Waals surface area contributed by atoms with Crippen LogP contribution in [0.4, 0.5) is 5.69 Å². The van der Waals surface area contributed by atoms with Crippen molar-refractivity contribution in [2.24, 2.45) is 0 Å². The van der Waals surface area contributed by atoms with Gasteiger partial charge in [-0.05, 0) is 64.1 Å². The Bertz CT molecular complexity index is 534. The Hall–Kier alpha value is -0.720. The molecule has 4 nitrogen and oxygen atoms in total. The Morgan fingerprint density at radius 2 is 1.59 bits per heavy atom. The van der Waals surface area contributed by atoms with E-state index in [9.17, 15) is 8.42 Å². The van der Waals surface area contributed by atoms with Crippen molar-refractivity contribution in [1.29, 1.82) is 0 Å². The Labute approximate surface area is 139 Å². The highest BCUT2D eigenvalue weighted by molar-refractivity contribution is 7.98. The second-order valence-corrected chi connectivity index (χ2v) is 9.63. The van der Waals surface area contributed by atoms with Gasteiger partial charge in [0, 0.05) is 23.7 Å². The minimum Gasteiger partial charge on any atom is -0.385 e. The molecule has 0 spiro atoms. The van der Waals surface area contributed by atoms with Gasteiger partial charge in [0.05, 0.1) is 4.75 Å². The molecule has 0 amide bonds. The minimum absolute atomic E-state index is 0.516. The van der Waals surface area contributed by atoms with Gasteiger partial charge in [0.1, 0.15) is 0 Å². The highest BCUT2D eigenvalue weighted by Crippen LogP contribution is 2.17. The minimum atomic E-state index is -3.21. The van der Waals surface area contributed by atoms with E-state index in [0.29, 0.717) is 6.54 Å². The molecule has 22 heavy (non-hydrogen) atoms. The van der Waals surface area contributed by atoms with Gasteiger partial charge in [0.2, 0.25) is 10.0 Å². The molecule has 1 aromatic carbocycles. The number of benzene rings is 1. The van der Waals surface area contributed by atoms with Crippen molar-refractivity contribution in [3.05, 3.63) is 24.3 Å². The zero-order valence-corrected chi connectivity index (χ0v) is 15.6. The fourth-order valence-corrected chi connectivity index (χ4v) is 3.05. The molecule has 0 fully saturated rings. The molecule has 0 bridgehead atoms. The Morgan fingerprint density at radius 3 is 2.14 bits per heavy atom. The van der Waals surface area contributed by atoms with Gasteiger partial charge in [-0.25, -0.2) is 13.1 Å². The molecule has 0 atom stereocenters. The summed E-state index contributed by atoms with van der Waals surface area (Å²) in [6.07, 6.45) is 4.96. The highest BCUT2D eigenvalue weighted by atomic mass is 32.2. The van der Waals surface area contributed by atoms with E-state index in [-0.39, 0.29) is 0 Å². The standard InChI is InChI=1S/C16H28N2O2S2/c1-16(2,3)22(19,20)18-13-7-5-6-12-17-14-8-10-15(21-4)11-9-14/h8-11,17-18H,5-7,12-13H2,1-4H3. The van der Waals surface area contributed by atoms with E-state index in [1.165, 1.54) is 4.90 Å². The number of thioether (sulfide) groups is 1. The van der Waals surface area contributed by atoms with Crippen LogP contribution in [0.5, 0.6) is 0 Å². The third-order valence-electron chi connectivity index (χ3n) is 3.37. The second kappa shape index (κ2) is 8.79. The van der Waals surface area contributed by atoms with Crippen LogP contribution in [0, 0.1) is 0 Å². The van der Waals surface area contributed by atoms with Crippen molar-refractivity contribution in [2.45, 2.75) is 49.7 Å². The Morgan fingerprint density at radius 1 is 1.00 bits per heavy atom. The van der Waals surface area contributed by atoms with Crippen molar-refractivity contribution in [1.82, 2.24) is 4.72 Å². The summed E-state index contributed by atoms with van der Waals surface area (Å²) in [7, 11) is -3.21. The molecule has 1 aromatic rings. The van der Waals surface area contributed by atoms with Crippen LogP contribution in [0.3, 0.4) is 0 Å². The maximum atomic E-state index is 11.9. The van der Waals surface area contributed by atoms with Gasteiger partial charge in [0.15, 0.2) is 0 Å². The van der Waals surface area contributed by atoms with Gasteiger partial charge in [-0.3, -0.25) is 0 Å². The Balaban J connectivity index is 2.13. The molecule has 2 N–H and O–H groups in total. The fourth-order valence-electron chi connectivity index (χ4n) is 1.79. The Kier molecular flexibility index (Phi) is 7.72. The predicted molar refractivity (Wildman–Crippen MR) is 97.2 cm³/mol. The zero-order valence-electron chi connectivity index (χ0n) is 14.0. The number of hydrogen-bond donors (Lipinski definition) is 2. The lowest BCUT2D eigenvalue weighted by molar-refractivity contribution is 0.540. The SMILES string of the molecule is CSc1ccc(NCCCCCNS(=O)(=O)C(C)(C)C)cc1. The fraction of sp³-hybridized carbons (Fsp3) is 0.625. The van der Waals surface area contributed by atoms with Crippen LogP contribution in [0.1, 0.15) is 40.0 Å². The number of unbranched alkanes of at least 4 members (excludes halogenated alkanes) is 2. The van der Waals surface area contributed by atoms with Crippen LogP contribution in [0.2, 0.25) is 0 Å². The summed E-state index contributed by atoms with van der Waals surface area (Å²) in [6, 6.07) is 8.38. The molecule has 0 heterocycles. The molecule has 0 saturated heterocycles. The van der Waals surface area contributed by atoms with Gasteiger partial charge in [-0.1, -0.05) is 6.42 Å². The molecule has 0 saturated carbocycles. The quantitative estimate of drug-likeness (QED) is 0.530. The van der Waals surface area contributed by atoms with E-state index in [1.807, 2.05) is 0 Å². The molecule has 126 valence electrons. The molecule has 1 rings (SSSR count).